The van der Waals surface area contributed by atoms with Crippen LogP contribution in [0.3, 0.4) is 0 Å². The predicted octanol–water partition coefficient (Wildman–Crippen LogP) is 0.0184. The first-order chi connectivity index (χ1) is 8.13. The Labute approximate surface area is 107 Å². The summed E-state index contributed by atoms with van der Waals surface area (Å²) >= 11 is 5.00. The largest absolute Gasteiger partial charge is 0.590 e. The van der Waals surface area contributed by atoms with Crippen molar-refractivity contribution in [2.75, 3.05) is 13.6 Å². The molecular weight excluding hydrogens is 239 g/mol. The van der Waals surface area contributed by atoms with Crippen LogP contribution in [0.15, 0.2) is 0 Å². The molecule has 0 aromatic rings. The van der Waals surface area contributed by atoms with Crippen LogP contribution in [-0.2, 0) is 9.45 Å². The van der Waals surface area contributed by atoms with E-state index in [0.29, 0.717) is 6.04 Å². The molecule has 0 aromatic heterocycles. The molecule has 1 saturated carbocycles. The Kier molecular flexibility index (Phi) is 6.46. The molecule has 0 aromatic carbocycles. The third kappa shape index (κ3) is 5.47. The van der Waals surface area contributed by atoms with Crippen LogP contribution in [0.2, 0.25) is 0 Å². The fourth-order valence-corrected chi connectivity index (χ4v) is 2.10. The SMILES string of the molecule is CNCC(=O)OB(O)C(=S)NC1CCCCC1. The van der Waals surface area contributed by atoms with E-state index in [2.05, 4.69) is 10.6 Å². The van der Waals surface area contributed by atoms with E-state index in [1.54, 1.807) is 7.05 Å². The summed E-state index contributed by atoms with van der Waals surface area (Å²) in [5, 5.41) is 15.3. The first-order valence-electron chi connectivity index (χ1n) is 5.96. The molecule has 0 unspecified atom stereocenters. The van der Waals surface area contributed by atoms with Crippen LogP contribution in [0.25, 0.3) is 0 Å². The number of thiocarbonyl (C=S) groups is 1. The van der Waals surface area contributed by atoms with Gasteiger partial charge in [-0.25, -0.2) is 0 Å². The quantitative estimate of drug-likeness (QED) is 0.477. The lowest BCUT2D eigenvalue weighted by Crippen LogP contribution is -2.46. The van der Waals surface area contributed by atoms with Gasteiger partial charge in [-0.2, -0.15) is 0 Å². The van der Waals surface area contributed by atoms with E-state index in [1.807, 2.05) is 0 Å². The maximum absolute atomic E-state index is 11.1. The highest BCUT2D eigenvalue weighted by Gasteiger charge is 2.27. The van der Waals surface area contributed by atoms with Crippen molar-refractivity contribution < 1.29 is 14.5 Å². The Hall–Kier alpha value is -0.655. The molecule has 0 bridgehead atoms. The van der Waals surface area contributed by atoms with Crippen LogP contribution >= 0.6 is 12.2 Å². The van der Waals surface area contributed by atoms with E-state index in [1.165, 1.54) is 19.3 Å². The highest BCUT2D eigenvalue weighted by Crippen LogP contribution is 2.17. The third-order valence-electron chi connectivity index (χ3n) is 2.74. The second-order valence-electron chi connectivity index (χ2n) is 4.22. The Bertz CT molecular complexity index is 272. The van der Waals surface area contributed by atoms with Gasteiger partial charge in [-0.1, -0.05) is 31.5 Å². The summed E-state index contributed by atoms with van der Waals surface area (Å²) in [6.07, 6.45) is 5.71. The smallest absolute Gasteiger partial charge is 0.503 e. The van der Waals surface area contributed by atoms with Crippen molar-refractivity contribution >= 4 is 30.2 Å². The summed E-state index contributed by atoms with van der Waals surface area (Å²) in [7, 11) is 0.291. The molecule has 5 nitrogen and oxygen atoms in total. The van der Waals surface area contributed by atoms with Gasteiger partial charge < -0.3 is 20.3 Å². The fraction of sp³-hybridized carbons (Fsp3) is 0.800. The number of likely N-dealkylation sites (N-methyl/N-ethyl adjacent to an activating group) is 1. The second kappa shape index (κ2) is 7.63. The molecule has 7 heteroatoms. The molecule has 0 spiro atoms. The normalized spacial score (nSPS) is 16.4. The molecular formula is C10H19BN2O3S. The number of hydrogen-bond acceptors (Lipinski definition) is 5. The van der Waals surface area contributed by atoms with E-state index in [9.17, 15) is 9.82 Å². The summed E-state index contributed by atoms with van der Waals surface area (Å²) in [5.74, 6) is -0.521. The van der Waals surface area contributed by atoms with Gasteiger partial charge in [0, 0.05) is 6.04 Å². The van der Waals surface area contributed by atoms with Gasteiger partial charge in [0.1, 0.15) is 4.89 Å². The lowest BCUT2D eigenvalue weighted by molar-refractivity contribution is -0.134. The third-order valence-corrected chi connectivity index (χ3v) is 3.06. The number of carbonyl (C=O) groups is 1. The molecule has 0 heterocycles. The van der Waals surface area contributed by atoms with Crippen LogP contribution in [0.4, 0.5) is 0 Å². The summed E-state index contributed by atoms with van der Waals surface area (Å²) in [6.45, 7) is 0.0586. The summed E-state index contributed by atoms with van der Waals surface area (Å²) < 4.78 is 4.74. The van der Waals surface area contributed by atoms with Gasteiger partial charge in [-0.05, 0) is 19.9 Å². The maximum atomic E-state index is 11.1. The summed E-state index contributed by atoms with van der Waals surface area (Å²) in [5.41, 5.74) is 0. The van der Waals surface area contributed by atoms with Gasteiger partial charge in [0.15, 0.2) is 0 Å². The number of carbonyl (C=O) groups excluding carboxylic acids is 1. The Morgan fingerprint density at radius 2 is 2.12 bits per heavy atom. The van der Waals surface area contributed by atoms with E-state index in [-0.39, 0.29) is 11.4 Å². The Morgan fingerprint density at radius 3 is 2.71 bits per heavy atom. The van der Waals surface area contributed by atoms with Crippen LogP contribution in [-0.4, -0.2) is 42.6 Å². The zero-order chi connectivity index (χ0) is 12.7. The van der Waals surface area contributed by atoms with Crippen molar-refractivity contribution in [1.82, 2.24) is 10.6 Å². The van der Waals surface area contributed by atoms with Crippen LogP contribution in [0.1, 0.15) is 32.1 Å². The van der Waals surface area contributed by atoms with Crippen LogP contribution in [0, 0.1) is 0 Å². The van der Waals surface area contributed by atoms with Gasteiger partial charge in [0.2, 0.25) is 0 Å². The second-order valence-corrected chi connectivity index (χ2v) is 4.66. The number of rotatable bonds is 5. The van der Waals surface area contributed by atoms with Crippen molar-refractivity contribution in [3.63, 3.8) is 0 Å². The van der Waals surface area contributed by atoms with E-state index in [4.69, 9.17) is 16.9 Å². The molecule has 0 aliphatic heterocycles. The molecule has 0 saturated heterocycles. The van der Waals surface area contributed by atoms with Crippen molar-refractivity contribution in [3.05, 3.63) is 0 Å². The van der Waals surface area contributed by atoms with Gasteiger partial charge in [0.05, 0.1) is 6.54 Å². The zero-order valence-corrected chi connectivity index (χ0v) is 10.9. The average Bonchev–Trinajstić information content (AvgIpc) is 2.30. The molecule has 17 heavy (non-hydrogen) atoms. The molecule has 1 rings (SSSR count). The molecule has 1 aliphatic carbocycles. The topological polar surface area (TPSA) is 70.6 Å². The Balaban J connectivity index is 2.28. The zero-order valence-electron chi connectivity index (χ0n) is 10.1. The lowest BCUT2D eigenvalue weighted by atomic mass is 9.88. The lowest BCUT2D eigenvalue weighted by Gasteiger charge is -2.24. The van der Waals surface area contributed by atoms with Crippen LogP contribution < -0.4 is 10.6 Å². The molecule has 3 N–H and O–H groups in total. The van der Waals surface area contributed by atoms with Crippen molar-refractivity contribution in [2.45, 2.75) is 38.1 Å². The van der Waals surface area contributed by atoms with E-state index < -0.39 is 13.1 Å². The predicted molar refractivity (Wildman–Crippen MR) is 70.6 cm³/mol. The minimum atomic E-state index is -1.34. The summed E-state index contributed by atoms with van der Waals surface area (Å²) in [4.78, 5) is 11.3. The highest BCUT2D eigenvalue weighted by atomic mass is 32.1. The monoisotopic (exact) mass is 258 g/mol. The van der Waals surface area contributed by atoms with E-state index >= 15 is 0 Å². The standard InChI is InChI=1S/C10H19BN2O3S/c1-12-7-9(14)16-11(15)10(17)13-8-5-3-2-4-6-8/h8,12,15H,2-7H2,1H3,(H,13,17). The first-order valence-corrected chi connectivity index (χ1v) is 6.37. The van der Waals surface area contributed by atoms with E-state index in [0.717, 1.165) is 12.8 Å². The van der Waals surface area contributed by atoms with Crippen molar-refractivity contribution in [2.24, 2.45) is 0 Å². The van der Waals surface area contributed by atoms with Gasteiger partial charge >= 0.3 is 13.1 Å². The molecule has 0 atom stereocenters. The minimum absolute atomic E-state index is 0.0586. The summed E-state index contributed by atoms with van der Waals surface area (Å²) in [6, 6.07) is 0.300. The highest BCUT2D eigenvalue weighted by molar-refractivity contribution is 7.83. The number of hydrogen-bond donors (Lipinski definition) is 3. The molecule has 0 radical (unpaired) electrons. The first kappa shape index (κ1) is 14.4. The van der Waals surface area contributed by atoms with Crippen molar-refractivity contribution in [1.29, 1.82) is 0 Å². The molecule has 1 aliphatic rings. The maximum Gasteiger partial charge on any atom is 0.590 e. The fourth-order valence-electron chi connectivity index (χ4n) is 1.88. The van der Waals surface area contributed by atoms with Gasteiger partial charge in [0.25, 0.3) is 0 Å². The van der Waals surface area contributed by atoms with Gasteiger partial charge in [-0.3, -0.25) is 4.79 Å². The molecule has 1 fully saturated rings. The number of nitrogens with one attached hydrogen (secondary N) is 2. The van der Waals surface area contributed by atoms with Crippen molar-refractivity contribution in [3.8, 4) is 0 Å². The van der Waals surface area contributed by atoms with Gasteiger partial charge in [-0.15, -0.1) is 0 Å². The van der Waals surface area contributed by atoms with Crippen LogP contribution in [0.5, 0.6) is 0 Å². The average molecular weight is 258 g/mol. The Morgan fingerprint density at radius 1 is 1.47 bits per heavy atom. The minimum Gasteiger partial charge on any atom is -0.503 e. The molecule has 0 amide bonds. The molecule has 96 valence electrons.